The Morgan fingerprint density at radius 1 is 0.886 bits per heavy atom. The molecule has 0 fully saturated rings. The summed E-state index contributed by atoms with van der Waals surface area (Å²) in [6.07, 6.45) is 1.42. The van der Waals surface area contributed by atoms with E-state index in [9.17, 15) is 13.2 Å². The summed E-state index contributed by atoms with van der Waals surface area (Å²) >= 11 is 12.2. The number of anilines is 1. The first-order valence-electron chi connectivity index (χ1n) is 13.5. The van der Waals surface area contributed by atoms with Gasteiger partial charge in [-0.1, -0.05) is 53.0 Å². The van der Waals surface area contributed by atoms with Crippen LogP contribution in [0.25, 0.3) is 0 Å². The molecule has 0 aromatic heterocycles. The molecule has 0 bridgehead atoms. The van der Waals surface area contributed by atoms with Gasteiger partial charge < -0.3 is 14.2 Å². The van der Waals surface area contributed by atoms with Crippen molar-refractivity contribution in [2.24, 2.45) is 5.10 Å². The molecule has 0 unspecified atom stereocenters. The fraction of sp³-hybridized carbons (Fsp3) is 0.188. The molecule has 0 radical (unpaired) electrons. The van der Waals surface area contributed by atoms with E-state index in [1.165, 1.54) is 37.6 Å². The molecule has 0 atom stereocenters. The smallest absolute Gasteiger partial charge is 0.264 e. The quantitative estimate of drug-likeness (QED) is 0.128. The van der Waals surface area contributed by atoms with Gasteiger partial charge >= 0.3 is 0 Å². The van der Waals surface area contributed by atoms with Crippen LogP contribution in [0.1, 0.15) is 23.6 Å². The molecule has 0 aliphatic rings. The van der Waals surface area contributed by atoms with Crippen LogP contribution in [0.5, 0.6) is 17.2 Å². The molecule has 9 nitrogen and oxygen atoms in total. The van der Waals surface area contributed by atoms with Gasteiger partial charge in [-0.2, -0.15) is 5.10 Å². The number of nitrogens with zero attached hydrogens (tertiary/aromatic N) is 2. The minimum absolute atomic E-state index is 0.00301. The third kappa shape index (κ3) is 8.43. The number of sulfonamides is 1. The van der Waals surface area contributed by atoms with Crippen molar-refractivity contribution in [1.82, 2.24) is 5.43 Å². The molecule has 0 saturated carbocycles. The summed E-state index contributed by atoms with van der Waals surface area (Å²) in [7, 11) is -2.79. The van der Waals surface area contributed by atoms with Crippen molar-refractivity contribution < 1.29 is 27.4 Å². The maximum Gasteiger partial charge on any atom is 0.264 e. The number of nitrogens with one attached hydrogen (secondary N) is 1. The largest absolute Gasteiger partial charge is 0.495 e. The Kier molecular flexibility index (Phi) is 11.1. The van der Waals surface area contributed by atoms with Crippen LogP contribution in [0.4, 0.5) is 5.69 Å². The van der Waals surface area contributed by atoms with Gasteiger partial charge in [0.25, 0.3) is 15.9 Å². The first kappa shape index (κ1) is 32.7. The van der Waals surface area contributed by atoms with Crippen molar-refractivity contribution in [2.75, 3.05) is 24.6 Å². The van der Waals surface area contributed by atoms with Gasteiger partial charge in [0.2, 0.25) is 0 Å². The molecule has 0 saturated heterocycles. The maximum absolute atomic E-state index is 13.7. The highest BCUT2D eigenvalue weighted by Crippen LogP contribution is 2.35. The lowest BCUT2D eigenvalue weighted by Crippen LogP contribution is -2.39. The highest BCUT2D eigenvalue weighted by Gasteiger charge is 2.29. The molecule has 4 rings (SSSR count). The number of carbonyl (C=O) groups is 1. The number of halogens is 2. The monoisotopic (exact) mass is 655 g/mol. The zero-order valence-corrected chi connectivity index (χ0v) is 26.6. The van der Waals surface area contributed by atoms with E-state index in [2.05, 4.69) is 10.5 Å². The van der Waals surface area contributed by atoms with Gasteiger partial charge in [-0.15, -0.1) is 0 Å². The molecule has 4 aromatic rings. The lowest BCUT2D eigenvalue weighted by molar-refractivity contribution is -0.119. The summed E-state index contributed by atoms with van der Waals surface area (Å²) in [5, 5.41) is 4.95. The third-order valence-electron chi connectivity index (χ3n) is 6.28. The summed E-state index contributed by atoms with van der Waals surface area (Å²) in [6, 6.07) is 23.4. The Hall–Kier alpha value is -4.25. The second kappa shape index (κ2) is 15.0. The van der Waals surface area contributed by atoms with Gasteiger partial charge in [-0.05, 0) is 85.6 Å². The van der Waals surface area contributed by atoms with Gasteiger partial charge in [0, 0.05) is 10.0 Å². The number of benzene rings is 4. The first-order chi connectivity index (χ1) is 21.1. The highest BCUT2D eigenvalue weighted by atomic mass is 35.5. The molecule has 0 aliphatic carbocycles. The topological polar surface area (TPSA) is 107 Å². The van der Waals surface area contributed by atoms with Gasteiger partial charge in [0.15, 0.2) is 11.5 Å². The van der Waals surface area contributed by atoms with E-state index in [0.717, 1.165) is 15.4 Å². The van der Waals surface area contributed by atoms with Gasteiger partial charge in [-0.25, -0.2) is 13.8 Å². The zero-order valence-electron chi connectivity index (χ0n) is 24.3. The molecule has 230 valence electrons. The molecule has 0 spiro atoms. The van der Waals surface area contributed by atoms with E-state index >= 15 is 0 Å². The Labute approximate surface area is 267 Å². The van der Waals surface area contributed by atoms with Crippen molar-refractivity contribution >= 4 is 51.0 Å². The van der Waals surface area contributed by atoms with E-state index < -0.39 is 22.5 Å². The van der Waals surface area contributed by atoms with E-state index in [1.54, 1.807) is 48.5 Å². The van der Waals surface area contributed by atoms with Crippen molar-refractivity contribution in [3.8, 4) is 17.2 Å². The van der Waals surface area contributed by atoms with Crippen LogP contribution in [0.3, 0.4) is 0 Å². The SMILES string of the molecule is CCOc1cc(/C=N\NC(=O)CN(c2cc(Cl)ccc2OC)S(=O)(=O)c2ccc(C)cc2)ccc1OCc1ccc(Cl)cc1. The van der Waals surface area contributed by atoms with Crippen LogP contribution < -0.4 is 23.9 Å². The van der Waals surface area contributed by atoms with E-state index in [0.29, 0.717) is 35.3 Å². The molecule has 4 aromatic carbocycles. The van der Waals surface area contributed by atoms with Gasteiger partial charge in [0.1, 0.15) is 18.9 Å². The van der Waals surface area contributed by atoms with E-state index in [1.807, 2.05) is 26.0 Å². The number of carbonyl (C=O) groups excluding carboxylic acids is 1. The predicted octanol–water partition coefficient (Wildman–Crippen LogP) is 6.63. The Balaban J connectivity index is 1.51. The maximum atomic E-state index is 13.7. The Bertz CT molecular complexity index is 1730. The minimum Gasteiger partial charge on any atom is -0.495 e. The van der Waals surface area contributed by atoms with Crippen LogP contribution in [0, 0.1) is 6.92 Å². The number of rotatable bonds is 13. The summed E-state index contributed by atoms with van der Waals surface area (Å²) in [5.74, 6) is 0.575. The standard InChI is InChI=1S/C32H31Cl2N3O6S/c1-4-42-31-17-24(9-15-30(31)43-21-23-7-10-25(33)11-8-23)19-35-36-32(38)20-37(28-18-26(34)12-16-29(28)41-3)44(39,40)27-13-5-22(2)6-14-27/h5-19H,4,20-21H2,1-3H3,(H,36,38)/b35-19-. The van der Waals surface area contributed by atoms with Gasteiger partial charge in [-0.3, -0.25) is 9.10 Å². The van der Waals surface area contributed by atoms with Crippen LogP contribution in [0.15, 0.2) is 94.9 Å². The number of ether oxygens (including phenoxy) is 3. The van der Waals surface area contributed by atoms with Crippen molar-refractivity contribution in [1.29, 1.82) is 0 Å². The zero-order chi connectivity index (χ0) is 31.7. The lowest BCUT2D eigenvalue weighted by Gasteiger charge is -2.25. The Morgan fingerprint density at radius 3 is 2.25 bits per heavy atom. The highest BCUT2D eigenvalue weighted by molar-refractivity contribution is 7.92. The van der Waals surface area contributed by atoms with Crippen LogP contribution in [-0.4, -0.2) is 40.8 Å². The molecule has 12 heteroatoms. The molecule has 0 aliphatic heterocycles. The molecular formula is C32H31Cl2N3O6S. The average Bonchev–Trinajstić information content (AvgIpc) is 3.00. The summed E-state index contributed by atoms with van der Waals surface area (Å²) in [6.45, 7) is 3.84. The summed E-state index contributed by atoms with van der Waals surface area (Å²) in [5.41, 5.74) is 4.96. The van der Waals surface area contributed by atoms with Crippen LogP contribution in [-0.2, 0) is 21.4 Å². The molecular weight excluding hydrogens is 625 g/mol. The number of aryl methyl sites for hydroxylation is 1. The Morgan fingerprint density at radius 2 is 1.57 bits per heavy atom. The molecule has 0 heterocycles. The minimum atomic E-state index is -4.19. The van der Waals surface area contributed by atoms with Crippen molar-refractivity contribution in [3.63, 3.8) is 0 Å². The predicted molar refractivity (Wildman–Crippen MR) is 173 cm³/mol. The van der Waals surface area contributed by atoms with E-state index in [4.69, 9.17) is 37.4 Å². The molecule has 1 amide bonds. The fourth-order valence-corrected chi connectivity index (χ4v) is 5.79. The average molecular weight is 657 g/mol. The van der Waals surface area contributed by atoms with Crippen LogP contribution in [0.2, 0.25) is 10.0 Å². The summed E-state index contributed by atoms with van der Waals surface area (Å²) in [4.78, 5) is 13.0. The number of methoxy groups -OCH3 is 1. The fourth-order valence-electron chi connectivity index (χ4n) is 4.07. The number of hydrazone groups is 1. The number of amides is 1. The third-order valence-corrected chi connectivity index (χ3v) is 8.54. The second-order valence-corrected chi connectivity index (χ2v) is 12.2. The van der Waals surface area contributed by atoms with Gasteiger partial charge in [0.05, 0.1) is 30.5 Å². The van der Waals surface area contributed by atoms with Crippen LogP contribution >= 0.6 is 23.2 Å². The van der Waals surface area contributed by atoms with E-state index in [-0.39, 0.29) is 21.4 Å². The molecule has 44 heavy (non-hydrogen) atoms. The number of hydrogen-bond acceptors (Lipinski definition) is 7. The lowest BCUT2D eigenvalue weighted by atomic mass is 10.2. The van der Waals surface area contributed by atoms with Crippen molar-refractivity contribution in [3.05, 3.63) is 112 Å². The normalized spacial score (nSPS) is 11.3. The first-order valence-corrected chi connectivity index (χ1v) is 15.7. The second-order valence-electron chi connectivity index (χ2n) is 9.49. The molecule has 1 N–H and O–H groups in total. The van der Waals surface area contributed by atoms with Crippen molar-refractivity contribution in [2.45, 2.75) is 25.3 Å². The number of hydrogen-bond donors (Lipinski definition) is 1. The summed E-state index contributed by atoms with van der Waals surface area (Å²) < 4.78 is 45.4.